The summed E-state index contributed by atoms with van der Waals surface area (Å²) in [5.41, 5.74) is 9.02. The second kappa shape index (κ2) is 4.13. The highest BCUT2D eigenvalue weighted by Gasteiger charge is 1.98. The van der Waals surface area contributed by atoms with Gasteiger partial charge in [-0.1, -0.05) is 37.3 Å². The highest BCUT2D eigenvalue weighted by molar-refractivity contribution is 5.61. The summed E-state index contributed by atoms with van der Waals surface area (Å²) in [6.45, 7) is 2.15. The summed E-state index contributed by atoms with van der Waals surface area (Å²) in [5.74, 6) is 0.562. The summed E-state index contributed by atoms with van der Waals surface area (Å²) in [4.78, 5) is 4.28. The molecule has 0 spiro atoms. The summed E-state index contributed by atoms with van der Waals surface area (Å²) >= 11 is 0. The van der Waals surface area contributed by atoms with E-state index in [0.717, 1.165) is 17.7 Å². The Balaban J connectivity index is 2.37. The normalized spacial score (nSPS) is 10.2. The van der Waals surface area contributed by atoms with E-state index in [2.05, 4.69) is 36.2 Å². The van der Waals surface area contributed by atoms with Crippen molar-refractivity contribution in [2.24, 2.45) is 0 Å². The number of nitrogens with zero attached hydrogens (tertiary/aromatic N) is 1. The molecular weight excluding hydrogens is 184 g/mol. The van der Waals surface area contributed by atoms with Crippen molar-refractivity contribution in [3.05, 3.63) is 48.0 Å². The predicted octanol–water partition coefficient (Wildman–Crippen LogP) is 2.89. The van der Waals surface area contributed by atoms with Gasteiger partial charge in [0.05, 0.1) is 5.69 Å². The van der Waals surface area contributed by atoms with Crippen LogP contribution in [0.5, 0.6) is 0 Å². The second-order valence-electron chi connectivity index (χ2n) is 3.50. The molecule has 0 unspecified atom stereocenters. The Kier molecular flexibility index (Phi) is 2.68. The molecule has 1 aromatic heterocycles. The molecule has 0 saturated carbocycles. The van der Waals surface area contributed by atoms with Crippen molar-refractivity contribution in [1.29, 1.82) is 0 Å². The Morgan fingerprint density at radius 3 is 2.40 bits per heavy atom. The first kappa shape index (κ1) is 9.71. The van der Waals surface area contributed by atoms with E-state index in [0.29, 0.717) is 5.82 Å². The van der Waals surface area contributed by atoms with Gasteiger partial charge in [0.25, 0.3) is 0 Å². The zero-order valence-electron chi connectivity index (χ0n) is 8.77. The van der Waals surface area contributed by atoms with Gasteiger partial charge in [-0.15, -0.1) is 0 Å². The lowest BCUT2D eigenvalue weighted by molar-refractivity contribution is 1.14. The average Bonchev–Trinajstić information content (AvgIpc) is 2.29. The number of pyridine rings is 1. The maximum atomic E-state index is 5.64. The van der Waals surface area contributed by atoms with Crippen LogP contribution in [0.4, 0.5) is 5.82 Å². The van der Waals surface area contributed by atoms with Crippen LogP contribution in [0, 0.1) is 0 Å². The fourth-order valence-electron chi connectivity index (χ4n) is 1.52. The summed E-state index contributed by atoms with van der Waals surface area (Å²) in [7, 11) is 0. The van der Waals surface area contributed by atoms with E-state index in [1.54, 1.807) is 6.07 Å². The average molecular weight is 198 g/mol. The van der Waals surface area contributed by atoms with Gasteiger partial charge >= 0.3 is 0 Å². The first-order valence-corrected chi connectivity index (χ1v) is 5.11. The van der Waals surface area contributed by atoms with Crippen LogP contribution in [0.2, 0.25) is 0 Å². The highest BCUT2D eigenvalue weighted by Crippen LogP contribution is 2.18. The highest BCUT2D eigenvalue weighted by atomic mass is 14.8. The standard InChI is InChI=1S/C13H14N2/c1-2-10-6-8-11(9-7-10)12-4-3-5-13(14)15-12/h3-9H,2H2,1H3,(H2,14,15). The number of rotatable bonds is 2. The topological polar surface area (TPSA) is 38.9 Å². The van der Waals surface area contributed by atoms with E-state index in [-0.39, 0.29) is 0 Å². The molecule has 15 heavy (non-hydrogen) atoms. The van der Waals surface area contributed by atoms with Crippen LogP contribution >= 0.6 is 0 Å². The Hall–Kier alpha value is -1.83. The van der Waals surface area contributed by atoms with E-state index < -0.39 is 0 Å². The number of aromatic nitrogens is 1. The first-order valence-electron chi connectivity index (χ1n) is 5.11. The molecule has 2 aromatic rings. The van der Waals surface area contributed by atoms with E-state index in [1.807, 2.05) is 12.1 Å². The van der Waals surface area contributed by atoms with Gasteiger partial charge < -0.3 is 5.73 Å². The Bertz CT molecular complexity index is 446. The molecule has 0 radical (unpaired) electrons. The van der Waals surface area contributed by atoms with E-state index >= 15 is 0 Å². The van der Waals surface area contributed by atoms with Gasteiger partial charge in [-0.3, -0.25) is 0 Å². The van der Waals surface area contributed by atoms with Crippen molar-refractivity contribution in [3.63, 3.8) is 0 Å². The van der Waals surface area contributed by atoms with Crippen molar-refractivity contribution in [2.45, 2.75) is 13.3 Å². The van der Waals surface area contributed by atoms with Gasteiger partial charge in [0.15, 0.2) is 0 Å². The molecule has 0 atom stereocenters. The van der Waals surface area contributed by atoms with Gasteiger partial charge in [-0.05, 0) is 24.1 Å². The van der Waals surface area contributed by atoms with Gasteiger partial charge in [-0.2, -0.15) is 0 Å². The number of aryl methyl sites for hydroxylation is 1. The number of hydrogen-bond acceptors (Lipinski definition) is 2. The van der Waals surface area contributed by atoms with Gasteiger partial charge in [-0.25, -0.2) is 4.98 Å². The molecule has 1 heterocycles. The summed E-state index contributed by atoms with van der Waals surface area (Å²) < 4.78 is 0. The number of nitrogen functional groups attached to an aromatic ring is 1. The van der Waals surface area contributed by atoms with E-state index in [1.165, 1.54) is 5.56 Å². The van der Waals surface area contributed by atoms with Crippen molar-refractivity contribution < 1.29 is 0 Å². The Morgan fingerprint density at radius 1 is 1.07 bits per heavy atom. The SMILES string of the molecule is CCc1ccc(-c2cccc(N)n2)cc1. The second-order valence-corrected chi connectivity index (χ2v) is 3.50. The van der Waals surface area contributed by atoms with Crippen LogP contribution in [-0.2, 0) is 6.42 Å². The van der Waals surface area contributed by atoms with E-state index in [4.69, 9.17) is 5.73 Å². The number of benzene rings is 1. The first-order chi connectivity index (χ1) is 7.29. The van der Waals surface area contributed by atoms with Crippen molar-refractivity contribution in [2.75, 3.05) is 5.73 Å². The molecule has 1 aromatic carbocycles. The number of hydrogen-bond donors (Lipinski definition) is 1. The molecule has 2 N–H and O–H groups in total. The molecule has 0 saturated heterocycles. The van der Waals surface area contributed by atoms with Gasteiger partial charge in [0, 0.05) is 5.56 Å². The minimum Gasteiger partial charge on any atom is -0.384 e. The minimum absolute atomic E-state index is 0.562. The van der Waals surface area contributed by atoms with Crippen LogP contribution in [0.25, 0.3) is 11.3 Å². The zero-order valence-corrected chi connectivity index (χ0v) is 8.77. The lowest BCUT2D eigenvalue weighted by atomic mass is 10.1. The largest absolute Gasteiger partial charge is 0.384 e. The third kappa shape index (κ3) is 2.15. The Labute approximate surface area is 89.8 Å². The molecule has 2 rings (SSSR count). The lowest BCUT2D eigenvalue weighted by Crippen LogP contribution is -1.91. The van der Waals surface area contributed by atoms with Crippen LogP contribution in [0.3, 0.4) is 0 Å². The summed E-state index contributed by atoms with van der Waals surface area (Å²) in [5, 5.41) is 0. The molecule has 76 valence electrons. The molecule has 0 amide bonds. The zero-order chi connectivity index (χ0) is 10.7. The van der Waals surface area contributed by atoms with Crippen LogP contribution in [0.1, 0.15) is 12.5 Å². The maximum Gasteiger partial charge on any atom is 0.124 e. The monoisotopic (exact) mass is 198 g/mol. The fourth-order valence-corrected chi connectivity index (χ4v) is 1.52. The van der Waals surface area contributed by atoms with Crippen molar-refractivity contribution in [3.8, 4) is 11.3 Å². The fraction of sp³-hybridized carbons (Fsp3) is 0.154. The number of anilines is 1. The molecular formula is C13H14N2. The third-order valence-corrected chi connectivity index (χ3v) is 2.43. The van der Waals surface area contributed by atoms with Crippen LogP contribution in [-0.4, -0.2) is 4.98 Å². The third-order valence-electron chi connectivity index (χ3n) is 2.43. The van der Waals surface area contributed by atoms with Gasteiger partial charge in [0.1, 0.15) is 5.82 Å². The molecule has 2 heteroatoms. The quantitative estimate of drug-likeness (QED) is 0.805. The summed E-state index contributed by atoms with van der Waals surface area (Å²) in [6, 6.07) is 14.1. The molecule has 0 fully saturated rings. The number of nitrogens with two attached hydrogens (primary N) is 1. The summed E-state index contributed by atoms with van der Waals surface area (Å²) in [6.07, 6.45) is 1.06. The van der Waals surface area contributed by atoms with Crippen molar-refractivity contribution >= 4 is 5.82 Å². The van der Waals surface area contributed by atoms with Gasteiger partial charge in [0.2, 0.25) is 0 Å². The molecule has 0 aliphatic rings. The van der Waals surface area contributed by atoms with Crippen LogP contribution < -0.4 is 5.73 Å². The van der Waals surface area contributed by atoms with Crippen molar-refractivity contribution in [1.82, 2.24) is 4.98 Å². The molecule has 2 nitrogen and oxygen atoms in total. The maximum absolute atomic E-state index is 5.64. The predicted molar refractivity (Wildman–Crippen MR) is 63.5 cm³/mol. The molecule has 0 aliphatic carbocycles. The smallest absolute Gasteiger partial charge is 0.124 e. The van der Waals surface area contributed by atoms with Crippen LogP contribution in [0.15, 0.2) is 42.5 Å². The molecule has 0 aliphatic heterocycles. The Morgan fingerprint density at radius 2 is 1.80 bits per heavy atom. The molecule has 0 bridgehead atoms. The minimum atomic E-state index is 0.562. The van der Waals surface area contributed by atoms with E-state index in [9.17, 15) is 0 Å². The lowest BCUT2D eigenvalue weighted by Gasteiger charge is -2.02.